The first-order chi connectivity index (χ1) is 13.3. The standard InChI is InChI=1S/C19H12F3N3O3/c20-19(21,22)13-1-3-14(4-2-13)25-16(17(26)5-6-18(27)28)11-15(24-25)12-7-9-23-10-8-12/h1-11H,(H,27,28)/b6-5+. The molecule has 1 N–H and O–H groups in total. The normalized spacial score (nSPS) is 11.7. The van der Waals surface area contributed by atoms with Crippen LogP contribution < -0.4 is 0 Å². The van der Waals surface area contributed by atoms with Gasteiger partial charge in [-0.1, -0.05) is 0 Å². The van der Waals surface area contributed by atoms with Crippen molar-refractivity contribution in [2.75, 3.05) is 0 Å². The summed E-state index contributed by atoms with van der Waals surface area (Å²) in [6.45, 7) is 0. The van der Waals surface area contributed by atoms with E-state index in [0.29, 0.717) is 17.3 Å². The molecule has 0 aliphatic rings. The summed E-state index contributed by atoms with van der Waals surface area (Å²) in [7, 11) is 0. The van der Waals surface area contributed by atoms with Crippen molar-refractivity contribution in [2.24, 2.45) is 0 Å². The van der Waals surface area contributed by atoms with Crippen LogP contribution in [-0.2, 0) is 11.0 Å². The largest absolute Gasteiger partial charge is 0.478 e. The lowest BCUT2D eigenvalue weighted by Crippen LogP contribution is -2.09. The van der Waals surface area contributed by atoms with Crippen LogP contribution in [0.3, 0.4) is 0 Å². The highest BCUT2D eigenvalue weighted by molar-refractivity contribution is 6.06. The van der Waals surface area contributed by atoms with E-state index in [0.717, 1.165) is 18.2 Å². The molecule has 0 spiro atoms. The van der Waals surface area contributed by atoms with Gasteiger partial charge in [0.1, 0.15) is 5.69 Å². The highest BCUT2D eigenvalue weighted by Crippen LogP contribution is 2.30. The SMILES string of the molecule is O=C(O)/C=C/C(=O)c1cc(-c2ccncc2)nn1-c1ccc(C(F)(F)F)cc1. The maximum absolute atomic E-state index is 12.8. The van der Waals surface area contributed by atoms with Crippen LogP contribution in [0.1, 0.15) is 16.1 Å². The zero-order valence-electron chi connectivity index (χ0n) is 14.1. The molecule has 0 aliphatic heterocycles. The first-order valence-electron chi connectivity index (χ1n) is 7.89. The van der Waals surface area contributed by atoms with Crippen LogP contribution in [0, 0.1) is 0 Å². The van der Waals surface area contributed by atoms with Crippen LogP contribution in [-0.4, -0.2) is 31.6 Å². The molecule has 9 heteroatoms. The van der Waals surface area contributed by atoms with Crippen molar-refractivity contribution in [2.45, 2.75) is 6.18 Å². The molecule has 0 fully saturated rings. The molecule has 0 unspecified atom stereocenters. The highest BCUT2D eigenvalue weighted by atomic mass is 19.4. The van der Waals surface area contributed by atoms with Gasteiger partial charge in [-0.25, -0.2) is 9.48 Å². The van der Waals surface area contributed by atoms with E-state index in [1.54, 1.807) is 12.1 Å². The van der Waals surface area contributed by atoms with Gasteiger partial charge in [0.2, 0.25) is 5.78 Å². The van der Waals surface area contributed by atoms with Gasteiger partial charge in [0.15, 0.2) is 0 Å². The predicted molar refractivity (Wildman–Crippen MR) is 92.9 cm³/mol. The molecule has 6 nitrogen and oxygen atoms in total. The molecule has 2 aromatic heterocycles. The number of ketones is 1. The molecule has 0 amide bonds. The van der Waals surface area contributed by atoms with Gasteiger partial charge in [-0.05, 0) is 48.5 Å². The molecule has 3 rings (SSSR count). The lowest BCUT2D eigenvalue weighted by atomic mass is 10.1. The number of allylic oxidation sites excluding steroid dienone is 1. The number of carbonyl (C=O) groups is 2. The number of carboxylic acid groups (broad SMARTS) is 1. The molecular formula is C19H12F3N3O3. The van der Waals surface area contributed by atoms with E-state index in [4.69, 9.17) is 5.11 Å². The Morgan fingerprint density at radius 1 is 1.00 bits per heavy atom. The summed E-state index contributed by atoms with van der Waals surface area (Å²) in [6, 6.07) is 8.87. The Kier molecular flexibility index (Phi) is 5.08. The van der Waals surface area contributed by atoms with Crippen LogP contribution in [0.4, 0.5) is 13.2 Å². The predicted octanol–water partition coefficient (Wildman–Crippen LogP) is 3.78. The number of hydrogen-bond acceptors (Lipinski definition) is 4. The average Bonchev–Trinajstić information content (AvgIpc) is 3.12. The summed E-state index contributed by atoms with van der Waals surface area (Å²) in [5, 5.41) is 13.0. The number of rotatable bonds is 5. The maximum Gasteiger partial charge on any atom is 0.416 e. The fourth-order valence-electron chi connectivity index (χ4n) is 2.44. The Morgan fingerprint density at radius 2 is 1.64 bits per heavy atom. The van der Waals surface area contributed by atoms with Crippen LogP contribution in [0.5, 0.6) is 0 Å². The number of carbonyl (C=O) groups excluding carboxylic acids is 1. The third-order valence-corrected chi connectivity index (χ3v) is 3.75. The lowest BCUT2D eigenvalue weighted by Gasteiger charge is -2.09. The first kappa shape index (κ1) is 19.0. The van der Waals surface area contributed by atoms with Crippen LogP contribution in [0.2, 0.25) is 0 Å². The molecule has 0 radical (unpaired) electrons. The van der Waals surface area contributed by atoms with Crippen LogP contribution >= 0.6 is 0 Å². The Hall–Kier alpha value is -3.75. The second-order valence-corrected chi connectivity index (χ2v) is 5.64. The Labute approximate surface area is 156 Å². The lowest BCUT2D eigenvalue weighted by molar-refractivity contribution is -0.137. The summed E-state index contributed by atoms with van der Waals surface area (Å²) >= 11 is 0. The number of hydrogen-bond donors (Lipinski definition) is 1. The molecule has 142 valence electrons. The van der Waals surface area contributed by atoms with Gasteiger partial charge in [0.05, 0.1) is 16.9 Å². The molecule has 0 bridgehead atoms. The number of benzene rings is 1. The summed E-state index contributed by atoms with van der Waals surface area (Å²) in [4.78, 5) is 27.0. The quantitative estimate of drug-likeness (QED) is 0.532. The van der Waals surface area contributed by atoms with Gasteiger partial charge < -0.3 is 5.11 Å². The summed E-state index contributed by atoms with van der Waals surface area (Å²) in [6.07, 6.45) is 0.0964. The number of aromatic nitrogens is 3. The topological polar surface area (TPSA) is 85.1 Å². The first-order valence-corrected chi connectivity index (χ1v) is 7.89. The van der Waals surface area contributed by atoms with E-state index in [1.165, 1.54) is 35.3 Å². The number of alkyl halides is 3. The average molecular weight is 387 g/mol. The third-order valence-electron chi connectivity index (χ3n) is 3.75. The van der Waals surface area contributed by atoms with E-state index in [2.05, 4.69) is 10.1 Å². The van der Waals surface area contributed by atoms with E-state index in [-0.39, 0.29) is 11.4 Å². The Balaban J connectivity index is 2.09. The van der Waals surface area contributed by atoms with E-state index >= 15 is 0 Å². The van der Waals surface area contributed by atoms with Gasteiger partial charge in [-0.15, -0.1) is 0 Å². The number of carboxylic acids is 1. The van der Waals surface area contributed by atoms with Crippen molar-refractivity contribution >= 4 is 11.8 Å². The number of aliphatic carboxylic acids is 1. The molecule has 2 heterocycles. The van der Waals surface area contributed by atoms with Gasteiger partial charge in [0.25, 0.3) is 0 Å². The summed E-state index contributed by atoms with van der Waals surface area (Å²) in [5.41, 5.74) is 0.409. The molecular weight excluding hydrogens is 375 g/mol. The monoisotopic (exact) mass is 387 g/mol. The zero-order valence-corrected chi connectivity index (χ0v) is 14.1. The fraction of sp³-hybridized carbons (Fsp3) is 0.0526. The Morgan fingerprint density at radius 3 is 2.21 bits per heavy atom. The number of halogens is 3. The Bertz CT molecular complexity index is 1040. The van der Waals surface area contributed by atoms with Crippen molar-refractivity contribution < 1.29 is 27.9 Å². The summed E-state index contributed by atoms with van der Waals surface area (Å²) < 4.78 is 39.5. The van der Waals surface area contributed by atoms with E-state index < -0.39 is 23.5 Å². The minimum Gasteiger partial charge on any atom is -0.478 e. The van der Waals surface area contributed by atoms with Crippen molar-refractivity contribution in [3.05, 3.63) is 78.3 Å². The second kappa shape index (κ2) is 7.47. The maximum atomic E-state index is 12.8. The molecule has 1 aromatic carbocycles. The van der Waals surface area contributed by atoms with Gasteiger partial charge in [-0.2, -0.15) is 18.3 Å². The molecule has 0 aliphatic carbocycles. The molecule has 0 atom stereocenters. The van der Waals surface area contributed by atoms with Crippen LogP contribution in [0.15, 0.2) is 67.0 Å². The highest BCUT2D eigenvalue weighted by Gasteiger charge is 2.30. The number of nitrogens with zero attached hydrogens (tertiary/aromatic N) is 3. The number of pyridine rings is 1. The molecule has 28 heavy (non-hydrogen) atoms. The zero-order chi connectivity index (χ0) is 20.3. The van der Waals surface area contributed by atoms with Crippen LogP contribution in [0.25, 0.3) is 16.9 Å². The van der Waals surface area contributed by atoms with E-state index in [1.807, 2.05) is 0 Å². The molecule has 0 saturated heterocycles. The van der Waals surface area contributed by atoms with Crippen molar-refractivity contribution in [1.82, 2.24) is 14.8 Å². The van der Waals surface area contributed by atoms with Crippen molar-refractivity contribution in [1.29, 1.82) is 0 Å². The third kappa shape index (κ3) is 4.14. The van der Waals surface area contributed by atoms with Gasteiger partial charge >= 0.3 is 12.1 Å². The fourth-order valence-corrected chi connectivity index (χ4v) is 2.44. The van der Waals surface area contributed by atoms with Crippen molar-refractivity contribution in [3.63, 3.8) is 0 Å². The summed E-state index contributed by atoms with van der Waals surface area (Å²) in [5.74, 6) is -1.96. The second-order valence-electron chi connectivity index (χ2n) is 5.64. The molecule has 0 saturated carbocycles. The van der Waals surface area contributed by atoms with E-state index in [9.17, 15) is 22.8 Å². The minimum atomic E-state index is -4.49. The van der Waals surface area contributed by atoms with Gasteiger partial charge in [0, 0.05) is 24.0 Å². The smallest absolute Gasteiger partial charge is 0.416 e. The minimum absolute atomic E-state index is 0.00377. The van der Waals surface area contributed by atoms with Crippen molar-refractivity contribution in [3.8, 4) is 16.9 Å². The van der Waals surface area contributed by atoms with Gasteiger partial charge in [-0.3, -0.25) is 9.78 Å². The molecule has 3 aromatic rings.